The number of hydrogen-bond acceptors (Lipinski definition) is 6. The summed E-state index contributed by atoms with van der Waals surface area (Å²) < 4.78 is 14.0. The number of hydrogen-bond donors (Lipinski definition) is 2. The highest BCUT2D eigenvalue weighted by Gasteiger charge is 2.19. The largest absolute Gasteiger partial charge is 0.507 e. The lowest BCUT2D eigenvalue weighted by Crippen LogP contribution is -2.44. The normalized spacial score (nSPS) is 16.0. The molecule has 1 aromatic carbocycles. The third-order valence-corrected chi connectivity index (χ3v) is 3.80. The number of anilines is 2. The van der Waals surface area contributed by atoms with Crippen molar-refractivity contribution < 1.29 is 9.50 Å². The Morgan fingerprint density at radius 2 is 1.91 bits per heavy atom. The van der Waals surface area contributed by atoms with Gasteiger partial charge in [-0.25, -0.2) is 9.37 Å². The predicted molar refractivity (Wildman–Crippen MR) is 83.2 cm³/mol. The fraction of sp³-hybridized carbons (Fsp3) is 0.333. The Kier molecular flexibility index (Phi) is 3.81. The van der Waals surface area contributed by atoms with E-state index in [9.17, 15) is 9.50 Å². The summed E-state index contributed by atoms with van der Waals surface area (Å²) >= 11 is 0. The predicted octanol–water partition coefficient (Wildman–Crippen LogP) is 1.32. The number of phenolic OH excluding ortho intramolecular Hbond substituents is 1. The van der Waals surface area contributed by atoms with E-state index in [2.05, 4.69) is 26.8 Å². The second-order valence-corrected chi connectivity index (χ2v) is 5.39. The van der Waals surface area contributed by atoms with E-state index in [0.717, 1.165) is 26.2 Å². The molecule has 0 saturated carbocycles. The SMILES string of the molecule is CN1CCN(c2cc(-c3c(O)cccc3F)nc(N)n2)CC1. The molecule has 1 aromatic heterocycles. The van der Waals surface area contributed by atoms with E-state index in [-0.39, 0.29) is 23.0 Å². The number of halogens is 1. The summed E-state index contributed by atoms with van der Waals surface area (Å²) in [6.45, 7) is 3.47. The third-order valence-electron chi connectivity index (χ3n) is 3.80. The molecular formula is C15H18FN5O. The molecule has 22 heavy (non-hydrogen) atoms. The summed E-state index contributed by atoms with van der Waals surface area (Å²) in [6.07, 6.45) is 0. The van der Waals surface area contributed by atoms with Gasteiger partial charge in [-0.3, -0.25) is 0 Å². The average Bonchev–Trinajstić information content (AvgIpc) is 2.47. The molecular weight excluding hydrogens is 285 g/mol. The van der Waals surface area contributed by atoms with Crippen molar-refractivity contribution in [1.29, 1.82) is 0 Å². The highest BCUT2D eigenvalue weighted by molar-refractivity contribution is 5.70. The Labute approximate surface area is 128 Å². The number of benzene rings is 1. The van der Waals surface area contributed by atoms with Crippen molar-refractivity contribution in [2.75, 3.05) is 43.9 Å². The second kappa shape index (κ2) is 5.76. The lowest BCUT2D eigenvalue weighted by atomic mass is 10.1. The van der Waals surface area contributed by atoms with Crippen LogP contribution in [-0.2, 0) is 0 Å². The van der Waals surface area contributed by atoms with Gasteiger partial charge < -0.3 is 20.6 Å². The molecule has 0 atom stereocenters. The molecule has 0 aliphatic carbocycles. The van der Waals surface area contributed by atoms with E-state index in [1.165, 1.54) is 18.2 Å². The molecule has 0 spiro atoms. The van der Waals surface area contributed by atoms with Crippen molar-refractivity contribution in [3.63, 3.8) is 0 Å². The molecule has 6 nitrogen and oxygen atoms in total. The smallest absolute Gasteiger partial charge is 0.222 e. The molecule has 116 valence electrons. The first kappa shape index (κ1) is 14.5. The number of nitrogen functional groups attached to an aromatic ring is 1. The summed E-state index contributed by atoms with van der Waals surface area (Å²) in [5.74, 6) is 0.0113. The zero-order valence-electron chi connectivity index (χ0n) is 12.3. The molecule has 0 amide bonds. The van der Waals surface area contributed by atoms with Crippen molar-refractivity contribution in [1.82, 2.24) is 14.9 Å². The molecule has 0 radical (unpaired) electrons. The van der Waals surface area contributed by atoms with Gasteiger partial charge >= 0.3 is 0 Å². The highest BCUT2D eigenvalue weighted by Crippen LogP contribution is 2.32. The maximum absolute atomic E-state index is 14.0. The third kappa shape index (κ3) is 2.80. The van der Waals surface area contributed by atoms with E-state index >= 15 is 0 Å². The summed E-state index contributed by atoms with van der Waals surface area (Å²) in [4.78, 5) is 12.6. The lowest BCUT2D eigenvalue weighted by Gasteiger charge is -2.33. The van der Waals surface area contributed by atoms with E-state index in [1.54, 1.807) is 6.07 Å². The minimum absolute atomic E-state index is 0.0481. The van der Waals surface area contributed by atoms with Crippen LogP contribution in [0.15, 0.2) is 24.3 Å². The Bertz CT molecular complexity index is 665. The Morgan fingerprint density at radius 1 is 1.18 bits per heavy atom. The molecule has 3 N–H and O–H groups in total. The van der Waals surface area contributed by atoms with Crippen LogP contribution in [0.2, 0.25) is 0 Å². The first-order valence-corrected chi connectivity index (χ1v) is 7.10. The molecule has 7 heteroatoms. The van der Waals surface area contributed by atoms with E-state index in [0.29, 0.717) is 5.82 Å². The van der Waals surface area contributed by atoms with Gasteiger partial charge in [0, 0.05) is 32.2 Å². The van der Waals surface area contributed by atoms with Crippen LogP contribution in [0.5, 0.6) is 5.75 Å². The molecule has 2 heterocycles. The van der Waals surface area contributed by atoms with E-state index < -0.39 is 5.82 Å². The summed E-state index contributed by atoms with van der Waals surface area (Å²) in [5.41, 5.74) is 6.10. The van der Waals surface area contributed by atoms with Crippen LogP contribution < -0.4 is 10.6 Å². The van der Waals surface area contributed by atoms with Gasteiger partial charge in [-0.05, 0) is 19.2 Å². The van der Waals surface area contributed by atoms with Crippen LogP contribution in [0.3, 0.4) is 0 Å². The van der Waals surface area contributed by atoms with Gasteiger partial charge in [0.15, 0.2) is 0 Å². The van der Waals surface area contributed by atoms with Crippen molar-refractivity contribution in [3.05, 3.63) is 30.1 Å². The fourth-order valence-corrected chi connectivity index (χ4v) is 2.54. The monoisotopic (exact) mass is 303 g/mol. The number of likely N-dealkylation sites (N-methyl/N-ethyl adjacent to an activating group) is 1. The number of nitrogens with zero attached hydrogens (tertiary/aromatic N) is 4. The first-order chi connectivity index (χ1) is 10.5. The average molecular weight is 303 g/mol. The van der Waals surface area contributed by atoms with Crippen molar-refractivity contribution in [2.24, 2.45) is 0 Å². The standard InChI is InChI=1S/C15H18FN5O/c1-20-5-7-21(8-6-20)13-9-11(18-15(17)19-13)14-10(16)3-2-4-12(14)22/h2-4,9,22H,5-8H2,1H3,(H2,17,18,19). The van der Waals surface area contributed by atoms with Crippen LogP contribution in [0.1, 0.15) is 0 Å². The van der Waals surface area contributed by atoms with E-state index in [1.807, 2.05) is 0 Å². The Balaban J connectivity index is 2.00. The summed E-state index contributed by atoms with van der Waals surface area (Å²) in [6, 6.07) is 5.81. The molecule has 3 rings (SSSR count). The van der Waals surface area contributed by atoms with Gasteiger partial charge in [-0.15, -0.1) is 0 Å². The molecule has 0 unspecified atom stereocenters. The number of piperazine rings is 1. The quantitative estimate of drug-likeness (QED) is 0.871. The van der Waals surface area contributed by atoms with Gasteiger partial charge in [0.05, 0.1) is 11.3 Å². The summed E-state index contributed by atoms with van der Waals surface area (Å²) in [5, 5.41) is 9.91. The number of rotatable bonds is 2. The van der Waals surface area contributed by atoms with Gasteiger partial charge in [-0.2, -0.15) is 4.98 Å². The minimum atomic E-state index is -0.539. The molecule has 1 aliphatic heterocycles. The molecule has 1 saturated heterocycles. The van der Waals surface area contributed by atoms with Crippen LogP contribution >= 0.6 is 0 Å². The van der Waals surface area contributed by atoms with Gasteiger partial charge in [-0.1, -0.05) is 6.07 Å². The first-order valence-electron chi connectivity index (χ1n) is 7.10. The second-order valence-electron chi connectivity index (χ2n) is 5.39. The van der Waals surface area contributed by atoms with Crippen molar-refractivity contribution in [2.45, 2.75) is 0 Å². The number of nitrogens with two attached hydrogens (primary N) is 1. The zero-order chi connectivity index (χ0) is 15.7. The molecule has 1 aliphatic rings. The Hall–Kier alpha value is -2.41. The lowest BCUT2D eigenvalue weighted by molar-refractivity contribution is 0.312. The van der Waals surface area contributed by atoms with Gasteiger partial charge in [0.2, 0.25) is 5.95 Å². The van der Waals surface area contributed by atoms with Crippen LogP contribution in [0.25, 0.3) is 11.3 Å². The topological polar surface area (TPSA) is 78.5 Å². The zero-order valence-corrected chi connectivity index (χ0v) is 12.3. The Morgan fingerprint density at radius 3 is 2.59 bits per heavy atom. The van der Waals surface area contributed by atoms with Crippen molar-refractivity contribution >= 4 is 11.8 Å². The number of aromatic nitrogens is 2. The van der Waals surface area contributed by atoms with Gasteiger partial charge in [0.25, 0.3) is 0 Å². The van der Waals surface area contributed by atoms with E-state index in [4.69, 9.17) is 5.73 Å². The maximum Gasteiger partial charge on any atom is 0.222 e. The maximum atomic E-state index is 14.0. The van der Waals surface area contributed by atoms with Crippen LogP contribution in [-0.4, -0.2) is 53.2 Å². The minimum Gasteiger partial charge on any atom is -0.507 e. The summed E-state index contributed by atoms with van der Waals surface area (Å²) in [7, 11) is 2.06. The molecule has 0 bridgehead atoms. The van der Waals surface area contributed by atoms with Crippen LogP contribution in [0, 0.1) is 5.82 Å². The number of phenols is 1. The van der Waals surface area contributed by atoms with Gasteiger partial charge in [0.1, 0.15) is 17.4 Å². The van der Waals surface area contributed by atoms with Crippen LogP contribution in [0.4, 0.5) is 16.2 Å². The highest BCUT2D eigenvalue weighted by atomic mass is 19.1. The fourth-order valence-electron chi connectivity index (χ4n) is 2.54. The molecule has 2 aromatic rings. The van der Waals surface area contributed by atoms with Crippen molar-refractivity contribution in [3.8, 4) is 17.0 Å². The number of aromatic hydroxyl groups is 1. The molecule has 1 fully saturated rings.